The minimum absolute atomic E-state index is 0.0284. The topological polar surface area (TPSA) is 62.2 Å². The Hall–Kier alpha value is -2.00. The molecule has 33 heavy (non-hydrogen) atoms. The number of methoxy groups -OCH3 is 1. The van der Waals surface area contributed by atoms with Crippen molar-refractivity contribution in [2.75, 3.05) is 46.5 Å². The molecule has 1 aromatic heterocycles. The lowest BCUT2D eigenvalue weighted by molar-refractivity contribution is -0.136. The number of carbonyl (C=O) groups excluding carboxylic acids is 1. The quantitative estimate of drug-likeness (QED) is 0.443. The number of hydrogen-bond donors (Lipinski definition) is 1. The van der Waals surface area contributed by atoms with E-state index in [0.717, 1.165) is 24.8 Å². The van der Waals surface area contributed by atoms with E-state index < -0.39 is 6.10 Å². The van der Waals surface area contributed by atoms with Gasteiger partial charge in [0.1, 0.15) is 18.2 Å². The third-order valence-electron chi connectivity index (χ3n) is 5.91. The molecule has 1 aliphatic rings. The summed E-state index contributed by atoms with van der Waals surface area (Å²) in [5.74, 6) is 0.298. The van der Waals surface area contributed by atoms with Crippen LogP contribution in [0.5, 0.6) is 5.75 Å². The summed E-state index contributed by atoms with van der Waals surface area (Å²) in [5.41, 5.74) is 1.12. The van der Waals surface area contributed by atoms with Gasteiger partial charge in [-0.25, -0.2) is 4.39 Å². The van der Waals surface area contributed by atoms with Gasteiger partial charge in [0, 0.05) is 38.2 Å². The van der Waals surface area contributed by atoms with Gasteiger partial charge < -0.3 is 19.5 Å². The van der Waals surface area contributed by atoms with Gasteiger partial charge in [0.15, 0.2) is 0 Å². The number of aliphatic hydroxyl groups is 1. The Morgan fingerprint density at radius 1 is 1.33 bits per heavy atom. The highest BCUT2D eigenvalue weighted by atomic mass is 32.1. The van der Waals surface area contributed by atoms with Crippen molar-refractivity contribution < 1.29 is 23.8 Å². The summed E-state index contributed by atoms with van der Waals surface area (Å²) in [6.45, 7) is 5.01. The molecule has 0 radical (unpaired) electrons. The lowest BCUT2D eigenvalue weighted by atomic mass is 10.0. The fourth-order valence-corrected chi connectivity index (χ4v) is 5.18. The van der Waals surface area contributed by atoms with E-state index in [1.807, 2.05) is 16.7 Å². The molecule has 3 rings (SSSR count). The van der Waals surface area contributed by atoms with Crippen LogP contribution in [0.25, 0.3) is 0 Å². The van der Waals surface area contributed by atoms with E-state index in [4.69, 9.17) is 9.47 Å². The summed E-state index contributed by atoms with van der Waals surface area (Å²) in [6.07, 6.45) is 2.79. The summed E-state index contributed by atoms with van der Waals surface area (Å²) in [4.78, 5) is 18.7. The first-order valence-corrected chi connectivity index (χ1v) is 12.5. The van der Waals surface area contributed by atoms with E-state index in [0.29, 0.717) is 45.0 Å². The maximum atomic E-state index is 13.4. The molecule has 6 nitrogen and oxygen atoms in total. The third-order valence-corrected chi connectivity index (χ3v) is 6.91. The van der Waals surface area contributed by atoms with Crippen LogP contribution in [0.1, 0.15) is 42.7 Å². The van der Waals surface area contributed by atoms with Crippen molar-refractivity contribution in [3.8, 4) is 5.75 Å². The van der Waals surface area contributed by atoms with Gasteiger partial charge >= 0.3 is 0 Å². The second kappa shape index (κ2) is 13.0. The van der Waals surface area contributed by atoms with Crippen molar-refractivity contribution in [1.29, 1.82) is 0 Å². The second-order valence-electron chi connectivity index (χ2n) is 8.44. The van der Waals surface area contributed by atoms with E-state index in [-0.39, 0.29) is 24.3 Å². The number of amides is 1. The number of fused-ring (bicyclic) bond motifs is 1. The molecular formula is C25H35FN2O4S. The maximum absolute atomic E-state index is 13.4. The molecule has 2 heterocycles. The SMILES string of the molecule is CCCC(O)CN(CCCOC)CC(=O)N1CCc2sccc2C1COc1ccc(F)cc1. The predicted molar refractivity (Wildman–Crippen MR) is 128 cm³/mol. The van der Waals surface area contributed by atoms with Gasteiger partial charge in [0.2, 0.25) is 5.91 Å². The van der Waals surface area contributed by atoms with Crippen molar-refractivity contribution in [3.05, 3.63) is 52.0 Å². The van der Waals surface area contributed by atoms with Crippen LogP contribution in [0.15, 0.2) is 35.7 Å². The first-order valence-electron chi connectivity index (χ1n) is 11.6. The summed E-state index contributed by atoms with van der Waals surface area (Å²) in [7, 11) is 1.67. The van der Waals surface area contributed by atoms with Crippen LogP contribution in [0, 0.1) is 5.82 Å². The number of ether oxygens (including phenoxy) is 2. The molecule has 1 N–H and O–H groups in total. The zero-order chi connectivity index (χ0) is 23.6. The molecule has 2 unspecified atom stereocenters. The molecule has 0 fully saturated rings. The molecule has 2 atom stereocenters. The fraction of sp³-hybridized carbons (Fsp3) is 0.560. The van der Waals surface area contributed by atoms with Crippen molar-refractivity contribution in [2.24, 2.45) is 0 Å². The number of thiophene rings is 1. The Morgan fingerprint density at radius 2 is 2.12 bits per heavy atom. The average Bonchev–Trinajstić information content (AvgIpc) is 3.28. The van der Waals surface area contributed by atoms with Crippen LogP contribution in [0.4, 0.5) is 4.39 Å². The zero-order valence-electron chi connectivity index (χ0n) is 19.5. The molecule has 8 heteroatoms. The van der Waals surface area contributed by atoms with Crippen molar-refractivity contribution in [2.45, 2.75) is 44.8 Å². The Kier molecular flexibility index (Phi) is 10.1. The van der Waals surface area contributed by atoms with Crippen LogP contribution in [-0.4, -0.2) is 73.4 Å². The van der Waals surface area contributed by atoms with E-state index in [2.05, 4.69) is 11.4 Å². The highest BCUT2D eigenvalue weighted by molar-refractivity contribution is 7.10. The highest BCUT2D eigenvalue weighted by Gasteiger charge is 2.33. The van der Waals surface area contributed by atoms with Gasteiger partial charge in [0.05, 0.1) is 18.7 Å². The Morgan fingerprint density at radius 3 is 2.85 bits per heavy atom. The van der Waals surface area contributed by atoms with Gasteiger partial charge in [-0.3, -0.25) is 9.69 Å². The molecule has 0 saturated carbocycles. The van der Waals surface area contributed by atoms with Gasteiger partial charge in [-0.2, -0.15) is 0 Å². The van der Waals surface area contributed by atoms with Crippen molar-refractivity contribution in [1.82, 2.24) is 9.80 Å². The minimum Gasteiger partial charge on any atom is -0.491 e. The van der Waals surface area contributed by atoms with Crippen LogP contribution in [0.3, 0.4) is 0 Å². The fourth-order valence-electron chi connectivity index (χ4n) is 4.25. The third kappa shape index (κ3) is 7.50. The molecule has 1 amide bonds. The first kappa shape index (κ1) is 25.6. The summed E-state index contributed by atoms with van der Waals surface area (Å²) in [6, 6.07) is 7.82. The van der Waals surface area contributed by atoms with Crippen LogP contribution in [-0.2, 0) is 16.0 Å². The highest BCUT2D eigenvalue weighted by Crippen LogP contribution is 2.34. The Bertz CT molecular complexity index is 860. The summed E-state index contributed by atoms with van der Waals surface area (Å²) < 4.78 is 24.4. The van der Waals surface area contributed by atoms with Gasteiger partial charge in [-0.05, 0) is 60.5 Å². The van der Waals surface area contributed by atoms with Gasteiger partial charge in [-0.1, -0.05) is 13.3 Å². The monoisotopic (exact) mass is 478 g/mol. The molecule has 182 valence electrons. The number of nitrogens with zero attached hydrogens (tertiary/aromatic N) is 2. The molecule has 0 spiro atoms. The second-order valence-corrected chi connectivity index (χ2v) is 9.44. The molecule has 1 aliphatic heterocycles. The van der Waals surface area contributed by atoms with E-state index in [1.165, 1.54) is 17.0 Å². The smallest absolute Gasteiger partial charge is 0.237 e. The zero-order valence-corrected chi connectivity index (χ0v) is 20.4. The van der Waals surface area contributed by atoms with E-state index >= 15 is 0 Å². The number of carbonyl (C=O) groups is 1. The summed E-state index contributed by atoms with van der Waals surface area (Å²) in [5, 5.41) is 12.4. The molecule has 0 aliphatic carbocycles. The van der Waals surface area contributed by atoms with Crippen LogP contribution >= 0.6 is 11.3 Å². The number of hydrogen-bond acceptors (Lipinski definition) is 6. The normalized spacial score (nSPS) is 16.6. The Labute approximate surface area is 199 Å². The lowest BCUT2D eigenvalue weighted by Crippen LogP contribution is -2.48. The van der Waals surface area contributed by atoms with Crippen LogP contribution in [0.2, 0.25) is 0 Å². The largest absolute Gasteiger partial charge is 0.491 e. The van der Waals surface area contributed by atoms with Gasteiger partial charge in [0.25, 0.3) is 0 Å². The Balaban J connectivity index is 1.69. The molecule has 0 bridgehead atoms. The average molecular weight is 479 g/mol. The number of halogens is 1. The van der Waals surface area contributed by atoms with Gasteiger partial charge in [-0.15, -0.1) is 11.3 Å². The number of aliphatic hydroxyl groups excluding tert-OH is 1. The summed E-state index contributed by atoms with van der Waals surface area (Å²) >= 11 is 1.71. The number of benzene rings is 1. The molecular weight excluding hydrogens is 443 g/mol. The standard InChI is InChI=1S/C25H35FN2O4S/c1-3-5-20(29)16-27(12-4-14-31-2)17-25(30)28-13-10-24-22(11-15-33-24)23(28)18-32-21-8-6-19(26)7-9-21/h6-9,11,15,20,23,29H,3-5,10,12-14,16-18H2,1-2H3. The molecule has 2 aromatic rings. The maximum Gasteiger partial charge on any atom is 0.237 e. The van der Waals surface area contributed by atoms with E-state index in [1.54, 1.807) is 30.6 Å². The van der Waals surface area contributed by atoms with Crippen LogP contribution < -0.4 is 4.74 Å². The molecule has 1 aromatic carbocycles. The first-order chi connectivity index (χ1) is 16.0. The van der Waals surface area contributed by atoms with Crippen molar-refractivity contribution in [3.63, 3.8) is 0 Å². The predicted octanol–water partition coefficient (Wildman–Crippen LogP) is 3.89. The number of rotatable bonds is 13. The van der Waals surface area contributed by atoms with Crippen molar-refractivity contribution >= 4 is 17.2 Å². The molecule has 0 saturated heterocycles. The van der Waals surface area contributed by atoms with E-state index in [9.17, 15) is 14.3 Å². The minimum atomic E-state index is -0.451. The lowest BCUT2D eigenvalue weighted by Gasteiger charge is -2.37.